The van der Waals surface area contributed by atoms with Crippen LogP contribution < -0.4 is 5.73 Å². The summed E-state index contributed by atoms with van der Waals surface area (Å²) in [5.41, 5.74) is 9.21. The van der Waals surface area contributed by atoms with Crippen LogP contribution in [-0.2, 0) is 6.54 Å². The van der Waals surface area contributed by atoms with Gasteiger partial charge in [0.2, 0.25) is 0 Å². The van der Waals surface area contributed by atoms with Crippen LogP contribution in [0, 0.1) is 5.41 Å². The molecule has 2 aromatic carbocycles. The van der Waals surface area contributed by atoms with Gasteiger partial charge in [-0.2, -0.15) is 0 Å². The van der Waals surface area contributed by atoms with E-state index in [0.717, 1.165) is 37.7 Å². The monoisotopic (exact) mass is 328 g/mol. The van der Waals surface area contributed by atoms with Gasteiger partial charge in [0.15, 0.2) is 5.96 Å². The van der Waals surface area contributed by atoms with E-state index in [0.29, 0.717) is 0 Å². The highest BCUT2D eigenvalue weighted by Gasteiger charge is 2.17. The highest BCUT2D eigenvalue weighted by Crippen LogP contribution is 2.22. The average molecular weight is 329 g/mol. The van der Waals surface area contributed by atoms with E-state index in [1.54, 1.807) is 0 Å². The molecule has 1 saturated heterocycles. The Bertz CT molecular complexity index is 658. The summed E-state index contributed by atoms with van der Waals surface area (Å²) in [6.07, 6.45) is 0. The first-order chi connectivity index (χ1) is 11.1. The molecule has 0 unspecified atom stereocenters. The molecule has 3 N–H and O–H groups in total. The van der Waals surface area contributed by atoms with Gasteiger partial charge < -0.3 is 10.6 Å². The third kappa shape index (κ3) is 4.03. The predicted molar refractivity (Wildman–Crippen MR) is 95.7 cm³/mol. The van der Waals surface area contributed by atoms with Crippen molar-refractivity contribution >= 4 is 17.6 Å². The topological polar surface area (TPSA) is 56.4 Å². The molecule has 0 amide bonds. The summed E-state index contributed by atoms with van der Waals surface area (Å²) in [5, 5.41) is 8.23. The van der Waals surface area contributed by atoms with Gasteiger partial charge in [-0.3, -0.25) is 10.3 Å². The van der Waals surface area contributed by atoms with Gasteiger partial charge in [-0.05, 0) is 28.8 Å². The molecule has 0 saturated carbocycles. The summed E-state index contributed by atoms with van der Waals surface area (Å²) in [6.45, 7) is 4.49. The second-order valence-corrected chi connectivity index (χ2v) is 6.29. The molecule has 4 nitrogen and oxygen atoms in total. The number of nitrogens with one attached hydrogen (secondary N) is 1. The van der Waals surface area contributed by atoms with Crippen LogP contribution in [0.25, 0.3) is 11.1 Å². The first kappa shape index (κ1) is 15.8. The van der Waals surface area contributed by atoms with Crippen molar-refractivity contribution in [2.45, 2.75) is 6.54 Å². The van der Waals surface area contributed by atoms with Gasteiger partial charge in [-0.25, -0.2) is 0 Å². The molecule has 1 heterocycles. The Morgan fingerprint density at radius 2 is 1.43 bits per heavy atom. The number of guanidine groups is 1. The van der Waals surface area contributed by atoms with Crippen LogP contribution in [0.2, 0.25) is 5.02 Å². The number of piperazine rings is 1. The molecule has 120 valence electrons. The summed E-state index contributed by atoms with van der Waals surface area (Å²) in [6, 6.07) is 16.6. The predicted octanol–water partition coefficient (Wildman–Crippen LogP) is 3.02. The van der Waals surface area contributed by atoms with Gasteiger partial charge in [0.1, 0.15) is 0 Å². The van der Waals surface area contributed by atoms with Crippen LogP contribution >= 0.6 is 11.6 Å². The lowest BCUT2D eigenvalue weighted by Gasteiger charge is -2.34. The smallest absolute Gasteiger partial charge is 0.188 e. The molecule has 23 heavy (non-hydrogen) atoms. The fourth-order valence-corrected chi connectivity index (χ4v) is 2.98. The molecular weight excluding hydrogens is 308 g/mol. The Balaban J connectivity index is 1.60. The Morgan fingerprint density at radius 1 is 0.913 bits per heavy atom. The van der Waals surface area contributed by atoms with Crippen molar-refractivity contribution in [3.8, 4) is 11.1 Å². The molecule has 0 atom stereocenters. The maximum absolute atomic E-state index is 7.47. The summed E-state index contributed by atoms with van der Waals surface area (Å²) >= 11 is 5.93. The number of nitrogens with zero attached hydrogens (tertiary/aromatic N) is 2. The van der Waals surface area contributed by atoms with Gasteiger partial charge in [0.25, 0.3) is 0 Å². The zero-order valence-corrected chi connectivity index (χ0v) is 13.8. The quantitative estimate of drug-likeness (QED) is 0.672. The lowest BCUT2D eigenvalue weighted by molar-refractivity contribution is 0.174. The van der Waals surface area contributed by atoms with E-state index in [2.05, 4.69) is 29.2 Å². The van der Waals surface area contributed by atoms with Gasteiger partial charge >= 0.3 is 0 Å². The van der Waals surface area contributed by atoms with Crippen LogP contribution in [0.3, 0.4) is 0 Å². The van der Waals surface area contributed by atoms with Crippen molar-refractivity contribution < 1.29 is 0 Å². The van der Waals surface area contributed by atoms with Gasteiger partial charge in [-0.1, -0.05) is 48.0 Å². The third-order valence-electron chi connectivity index (χ3n) is 4.25. The van der Waals surface area contributed by atoms with Crippen molar-refractivity contribution in [2.75, 3.05) is 26.2 Å². The summed E-state index contributed by atoms with van der Waals surface area (Å²) in [5.74, 6) is 0.178. The molecule has 5 heteroatoms. The highest BCUT2D eigenvalue weighted by molar-refractivity contribution is 6.30. The fourth-order valence-electron chi connectivity index (χ4n) is 2.85. The molecule has 3 rings (SSSR count). The van der Waals surface area contributed by atoms with Crippen molar-refractivity contribution in [3.63, 3.8) is 0 Å². The second-order valence-electron chi connectivity index (χ2n) is 5.85. The average Bonchev–Trinajstić information content (AvgIpc) is 2.57. The van der Waals surface area contributed by atoms with Crippen LogP contribution in [0.5, 0.6) is 0 Å². The number of rotatable bonds is 3. The third-order valence-corrected chi connectivity index (χ3v) is 4.50. The Kier molecular flexibility index (Phi) is 4.84. The number of benzene rings is 2. The molecule has 0 spiro atoms. The van der Waals surface area contributed by atoms with Crippen LogP contribution in [0.1, 0.15) is 5.56 Å². The van der Waals surface area contributed by atoms with E-state index in [4.69, 9.17) is 22.7 Å². The summed E-state index contributed by atoms with van der Waals surface area (Å²) in [7, 11) is 0. The van der Waals surface area contributed by atoms with E-state index < -0.39 is 0 Å². The molecule has 0 radical (unpaired) electrons. The van der Waals surface area contributed by atoms with Gasteiger partial charge in [0.05, 0.1) is 0 Å². The molecule has 0 bridgehead atoms. The minimum Gasteiger partial charge on any atom is -0.370 e. The highest BCUT2D eigenvalue weighted by atomic mass is 35.5. The molecular formula is C18H21ClN4. The van der Waals surface area contributed by atoms with Crippen LogP contribution in [0.15, 0.2) is 48.5 Å². The normalized spacial score (nSPS) is 15.6. The minimum atomic E-state index is 0.178. The van der Waals surface area contributed by atoms with E-state index >= 15 is 0 Å². The maximum atomic E-state index is 7.47. The van der Waals surface area contributed by atoms with Crippen molar-refractivity contribution in [2.24, 2.45) is 5.73 Å². The van der Waals surface area contributed by atoms with Crippen molar-refractivity contribution in [1.29, 1.82) is 5.41 Å². The molecule has 1 aliphatic heterocycles. The zero-order chi connectivity index (χ0) is 16.2. The Hall–Kier alpha value is -2.04. The van der Waals surface area contributed by atoms with Gasteiger partial charge in [0, 0.05) is 37.7 Å². The number of nitrogens with two attached hydrogens (primary N) is 1. The van der Waals surface area contributed by atoms with Crippen LogP contribution in [-0.4, -0.2) is 41.9 Å². The zero-order valence-electron chi connectivity index (χ0n) is 13.0. The second kappa shape index (κ2) is 7.02. The van der Waals surface area contributed by atoms with Crippen molar-refractivity contribution in [3.05, 3.63) is 59.1 Å². The fraction of sp³-hybridized carbons (Fsp3) is 0.278. The number of halogens is 1. The first-order valence-corrected chi connectivity index (χ1v) is 8.16. The lowest BCUT2D eigenvalue weighted by atomic mass is 10.0. The van der Waals surface area contributed by atoms with E-state index in [1.165, 1.54) is 16.7 Å². The number of hydrogen-bond donors (Lipinski definition) is 2. The molecule has 0 aliphatic carbocycles. The Labute approximate surface area is 142 Å². The largest absolute Gasteiger partial charge is 0.370 e. The molecule has 0 aromatic heterocycles. The van der Waals surface area contributed by atoms with E-state index in [1.807, 2.05) is 29.2 Å². The maximum Gasteiger partial charge on any atom is 0.188 e. The minimum absolute atomic E-state index is 0.178. The van der Waals surface area contributed by atoms with E-state index in [-0.39, 0.29) is 5.96 Å². The van der Waals surface area contributed by atoms with Crippen LogP contribution in [0.4, 0.5) is 0 Å². The first-order valence-electron chi connectivity index (χ1n) is 7.78. The van der Waals surface area contributed by atoms with Gasteiger partial charge in [-0.15, -0.1) is 0 Å². The standard InChI is InChI=1S/C18H21ClN4/c19-17-7-5-16(6-8-17)15-3-1-14(2-4-15)13-22-9-11-23(12-10-22)18(20)21/h1-8H,9-13H2,(H3,20,21). The Morgan fingerprint density at radius 3 is 1.96 bits per heavy atom. The van der Waals surface area contributed by atoms with E-state index in [9.17, 15) is 0 Å². The molecule has 1 aliphatic rings. The molecule has 1 fully saturated rings. The number of hydrogen-bond acceptors (Lipinski definition) is 2. The van der Waals surface area contributed by atoms with Crippen molar-refractivity contribution in [1.82, 2.24) is 9.80 Å². The SMILES string of the molecule is N=C(N)N1CCN(Cc2ccc(-c3ccc(Cl)cc3)cc2)CC1. The summed E-state index contributed by atoms with van der Waals surface area (Å²) in [4.78, 5) is 4.32. The molecule has 2 aromatic rings. The summed E-state index contributed by atoms with van der Waals surface area (Å²) < 4.78 is 0. The lowest BCUT2D eigenvalue weighted by Crippen LogP contribution is -2.50.